The van der Waals surface area contributed by atoms with Gasteiger partial charge in [-0.2, -0.15) is 0 Å². The molecule has 0 saturated carbocycles. The van der Waals surface area contributed by atoms with Crippen molar-refractivity contribution in [3.8, 4) is 0 Å². The first kappa shape index (κ1) is 7.76. The summed E-state index contributed by atoms with van der Waals surface area (Å²) in [6.45, 7) is 4.02. The van der Waals surface area contributed by atoms with E-state index in [1.807, 2.05) is 6.92 Å². The molecule has 1 rings (SSSR count). The molecule has 0 radical (unpaired) electrons. The Balaban J connectivity index is 2.64. The molecule has 0 atom stereocenters. The van der Waals surface area contributed by atoms with E-state index >= 15 is 0 Å². The fourth-order valence-electron chi connectivity index (χ4n) is 0.951. The Bertz CT molecular complexity index is 151. The Morgan fingerprint density at radius 2 is 1.60 bits per heavy atom. The van der Waals surface area contributed by atoms with E-state index in [0.29, 0.717) is 0 Å². The van der Waals surface area contributed by atoms with E-state index in [0.717, 1.165) is 0 Å². The van der Waals surface area contributed by atoms with Crippen molar-refractivity contribution in [2.45, 2.75) is 19.6 Å². The lowest BCUT2D eigenvalue weighted by molar-refractivity contribution is -0.226. The first-order chi connectivity index (χ1) is 4.58. The van der Waals surface area contributed by atoms with E-state index in [9.17, 15) is 0 Å². The summed E-state index contributed by atoms with van der Waals surface area (Å²) in [5.74, 6) is -0.479. The van der Waals surface area contributed by atoms with Gasteiger partial charge in [-0.25, -0.2) is 0 Å². The van der Waals surface area contributed by atoms with Crippen molar-refractivity contribution in [2.24, 2.45) is 5.41 Å². The van der Waals surface area contributed by atoms with Gasteiger partial charge >= 0.3 is 0 Å². The van der Waals surface area contributed by atoms with Gasteiger partial charge < -0.3 is 9.47 Å². The van der Waals surface area contributed by atoms with Crippen LogP contribution in [0.15, 0.2) is 12.2 Å². The van der Waals surface area contributed by atoms with Gasteiger partial charge in [0, 0.05) is 14.2 Å². The first-order valence-electron chi connectivity index (χ1n) is 3.39. The highest BCUT2D eigenvalue weighted by Crippen LogP contribution is 2.46. The predicted octanol–water partition coefficient (Wildman–Crippen LogP) is 1.57. The van der Waals surface area contributed by atoms with Crippen LogP contribution in [0.2, 0.25) is 0 Å². The standard InChI is InChI=1S/C8H14O2/c1-7(5-6-7)8(2,9-3)10-4/h5-6H,1-4H3. The van der Waals surface area contributed by atoms with Crippen molar-refractivity contribution in [1.82, 2.24) is 0 Å². The summed E-state index contributed by atoms with van der Waals surface area (Å²) in [7, 11) is 3.32. The van der Waals surface area contributed by atoms with Gasteiger partial charge in [0.2, 0.25) is 0 Å². The maximum atomic E-state index is 5.23. The van der Waals surface area contributed by atoms with Crippen LogP contribution < -0.4 is 0 Å². The Hall–Kier alpha value is -0.340. The molecule has 0 fully saturated rings. The van der Waals surface area contributed by atoms with Crippen molar-refractivity contribution in [1.29, 1.82) is 0 Å². The number of methoxy groups -OCH3 is 2. The molecule has 0 aromatic heterocycles. The highest BCUT2D eigenvalue weighted by atomic mass is 16.7. The summed E-state index contributed by atoms with van der Waals surface area (Å²) in [6.07, 6.45) is 4.17. The van der Waals surface area contributed by atoms with E-state index in [-0.39, 0.29) is 5.41 Å². The molecule has 58 valence electrons. The third-order valence-corrected chi connectivity index (χ3v) is 2.42. The molecule has 2 nitrogen and oxygen atoms in total. The molecule has 1 aliphatic carbocycles. The van der Waals surface area contributed by atoms with Gasteiger partial charge in [-0.05, 0) is 13.8 Å². The normalized spacial score (nSPS) is 21.2. The van der Waals surface area contributed by atoms with Gasteiger partial charge in [0.1, 0.15) is 0 Å². The Kier molecular flexibility index (Phi) is 1.61. The maximum Gasteiger partial charge on any atom is 0.177 e. The predicted molar refractivity (Wildman–Crippen MR) is 39.7 cm³/mol. The monoisotopic (exact) mass is 142 g/mol. The molecule has 0 aliphatic heterocycles. The minimum atomic E-state index is -0.479. The van der Waals surface area contributed by atoms with Crippen LogP contribution in [0.1, 0.15) is 13.8 Å². The second-order valence-electron chi connectivity index (χ2n) is 2.97. The van der Waals surface area contributed by atoms with Gasteiger partial charge in [0.05, 0.1) is 5.41 Å². The van der Waals surface area contributed by atoms with Crippen LogP contribution in [-0.4, -0.2) is 20.0 Å². The molecule has 0 heterocycles. The lowest BCUT2D eigenvalue weighted by atomic mass is 9.96. The Morgan fingerprint density at radius 3 is 1.70 bits per heavy atom. The minimum absolute atomic E-state index is 0.0104. The molecule has 0 aromatic rings. The quantitative estimate of drug-likeness (QED) is 0.440. The zero-order chi connectivity index (χ0) is 7.83. The second kappa shape index (κ2) is 2.07. The topological polar surface area (TPSA) is 18.5 Å². The van der Waals surface area contributed by atoms with E-state index in [1.165, 1.54) is 0 Å². The van der Waals surface area contributed by atoms with Crippen molar-refractivity contribution in [3.63, 3.8) is 0 Å². The first-order valence-corrected chi connectivity index (χ1v) is 3.39. The van der Waals surface area contributed by atoms with Crippen LogP contribution in [0.4, 0.5) is 0 Å². The van der Waals surface area contributed by atoms with Gasteiger partial charge in [0.15, 0.2) is 5.79 Å². The summed E-state index contributed by atoms with van der Waals surface area (Å²) >= 11 is 0. The minimum Gasteiger partial charge on any atom is -0.352 e. The van der Waals surface area contributed by atoms with E-state index in [1.54, 1.807) is 14.2 Å². The molecule has 1 aliphatic rings. The zero-order valence-electron chi connectivity index (χ0n) is 6.97. The summed E-state index contributed by atoms with van der Waals surface area (Å²) in [5.41, 5.74) is 0.0104. The average Bonchev–Trinajstić information content (AvgIpc) is 2.68. The van der Waals surface area contributed by atoms with Gasteiger partial charge in [-0.3, -0.25) is 0 Å². The highest BCUT2D eigenvalue weighted by molar-refractivity contribution is 5.28. The second-order valence-corrected chi connectivity index (χ2v) is 2.97. The smallest absolute Gasteiger partial charge is 0.177 e. The van der Waals surface area contributed by atoms with Crippen molar-refractivity contribution < 1.29 is 9.47 Å². The van der Waals surface area contributed by atoms with Gasteiger partial charge in [-0.1, -0.05) is 12.2 Å². The molecule has 10 heavy (non-hydrogen) atoms. The SMILES string of the molecule is COC(C)(OC)C1(C)C=C1. The third kappa shape index (κ3) is 0.879. The summed E-state index contributed by atoms with van der Waals surface area (Å²) in [4.78, 5) is 0. The lowest BCUT2D eigenvalue weighted by Gasteiger charge is -2.33. The van der Waals surface area contributed by atoms with E-state index in [4.69, 9.17) is 9.47 Å². The molecule has 0 N–H and O–H groups in total. The largest absolute Gasteiger partial charge is 0.352 e. The fourth-order valence-corrected chi connectivity index (χ4v) is 0.951. The lowest BCUT2D eigenvalue weighted by Crippen LogP contribution is -2.39. The molecule has 0 aromatic carbocycles. The maximum absolute atomic E-state index is 5.23. The van der Waals surface area contributed by atoms with Crippen LogP contribution in [0.5, 0.6) is 0 Å². The fraction of sp³-hybridized carbons (Fsp3) is 0.750. The molecule has 2 heteroatoms. The summed E-state index contributed by atoms with van der Waals surface area (Å²) in [5, 5.41) is 0. The number of rotatable bonds is 3. The van der Waals surface area contributed by atoms with E-state index < -0.39 is 5.79 Å². The summed E-state index contributed by atoms with van der Waals surface area (Å²) in [6, 6.07) is 0. The molecule has 0 saturated heterocycles. The molecular formula is C8H14O2. The average molecular weight is 142 g/mol. The number of ether oxygens (including phenoxy) is 2. The van der Waals surface area contributed by atoms with Crippen LogP contribution in [0.3, 0.4) is 0 Å². The zero-order valence-corrected chi connectivity index (χ0v) is 6.97. The molecule has 0 bridgehead atoms. The summed E-state index contributed by atoms with van der Waals surface area (Å²) < 4.78 is 10.5. The van der Waals surface area contributed by atoms with Gasteiger partial charge in [0.25, 0.3) is 0 Å². The van der Waals surface area contributed by atoms with Gasteiger partial charge in [-0.15, -0.1) is 0 Å². The van der Waals surface area contributed by atoms with Crippen molar-refractivity contribution in [3.05, 3.63) is 12.2 Å². The molecule has 0 spiro atoms. The highest BCUT2D eigenvalue weighted by Gasteiger charge is 2.48. The van der Waals surface area contributed by atoms with Crippen molar-refractivity contribution in [2.75, 3.05) is 14.2 Å². The Morgan fingerprint density at radius 1 is 1.20 bits per heavy atom. The third-order valence-electron chi connectivity index (χ3n) is 2.42. The Labute approximate surface area is 61.8 Å². The van der Waals surface area contributed by atoms with Crippen molar-refractivity contribution >= 4 is 0 Å². The molecule has 0 amide bonds. The molecular weight excluding hydrogens is 128 g/mol. The van der Waals surface area contributed by atoms with Crippen LogP contribution in [0.25, 0.3) is 0 Å². The number of hydrogen-bond donors (Lipinski definition) is 0. The van der Waals surface area contributed by atoms with Crippen LogP contribution in [0, 0.1) is 5.41 Å². The van der Waals surface area contributed by atoms with Crippen LogP contribution in [-0.2, 0) is 9.47 Å². The molecule has 0 unspecified atom stereocenters. The number of hydrogen-bond acceptors (Lipinski definition) is 2. The van der Waals surface area contributed by atoms with Crippen LogP contribution >= 0.6 is 0 Å². The van der Waals surface area contributed by atoms with E-state index in [2.05, 4.69) is 19.1 Å².